The molecule has 0 spiro atoms. The minimum absolute atomic E-state index is 0.224. The van der Waals surface area contributed by atoms with Crippen molar-refractivity contribution in [3.05, 3.63) is 0 Å². The van der Waals surface area contributed by atoms with Gasteiger partial charge in [0.15, 0.2) is 0 Å². The van der Waals surface area contributed by atoms with Crippen LogP contribution in [-0.2, 0) is 19.2 Å². The fourth-order valence-electron chi connectivity index (χ4n) is 1.43. The summed E-state index contributed by atoms with van der Waals surface area (Å²) in [4.78, 5) is 43.9. The van der Waals surface area contributed by atoms with Gasteiger partial charge in [0.05, 0.1) is 25.4 Å². The van der Waals surface area contributed by atoms with Crippen molar-refractivity contribution in [3.8, 4) is 0 Å². The van der Waals surface area contributed by atoms with Crippen molar-refractivity contribution in [1.29, 1.82) is 0 Å². The van der Waals surface area contributed by atoms with E-state index in [0.29, 0.717) is 0 Å². The number of nitrogens with one attached hydrogen (secondary N) is 3. The normalized spacial score (nSPS) is 13.1. The summed E-state index contributed by atoms with van der Waals surface area (Å²) in [5.74, 6) is -3.34. The summed E-state index contributed by atoms with van der Waals surface area (Å²) < 4.78 is 0. The van der Waals surface area contributed by atoms with Gasteiger partial charge in [-0.15, -0.1) is 0 Å². The van der Waals surface area contributed by atoms with Gasteiger partial charge in [0, 0.05) is 6.04 Å². The highest BCUT2D eigenvalue weighted by molar-refractivity contribution is 5.89. The lowest BCUT2D eigenvalue weighted by atomic mass is 10.2. The predicted molar refractivity (Wildman–Crippen MR) is 68.0 cm³/mol. The summed E-state index contributed by atoms with van der Waals surface area (Å²) in [5.41, 5.74) is 0. The molecular formula is C11H19N3O6. The van der Waals surface area contributed by atoms with Crippen molar-refractivity contribution in [2.24, 2.45) is 0 Å². The third-order valence-corrected chi connectivity index (χ3v) is 2.36. The molecule has 114 valence electrons. The Hall–Kier alpha value is -2.16. The van der Waals surface area contributed by atoms with E-state index in [1.165, 1.54) is 14.0 Å². The largest absolute Gasteiger partial charge is 0.481 e. The van der Waals surface area contributed by atoms with E-state index >= 15 is 0 Å². The second-order valence-electron chi connectivity index (χ2n) is 4.22. The fraction of sp³-hybridized carbons (Fsp3) is 0.636. The van der Waals surface area contributed by atoms with Crippen molar-refractivity contribution < 1.29 is 29.4 Å². The van der Waals surface area contributed by atoms with Gasteiger partial charge in [-0.05, 0) is 14.0 Å². The SMILES string of the molecule is CNC(CC(=O)O)C(=O)NCC(=O)NC(C)CC(=O)O. The predicted octanol–water partition coefficient (Wildman–Crippen LogP) is -1.86. The van der Waals surface area contributed by atoms with Crippen LogP contribution in [0, 0.1) is 0 Å². The summed E-state index contributed by atoms with van der Waals surface area (Å²) in [6.45, 7) is 1.18. The van der Waals surface area contributed by atoms with Crippen LogP contribution in [0.2, 0.25) is 0 Å². The Morgan fingerprint density at radius 3 is 2.05 bits per heavy atom. The van der Waals surface area contributed by atoms with Gasteiger partial charge in [0.25, 0.3) is 0 Å². The van der Waals surface area contributed by atoms with Crippen molar-refractivity contribution in [2.75, 3.05) is 13.6 Å². The number of carboxylic acids is 2. The number of hydrogen-bond donors (Lipinski definition) is 5. The van der Waals surface area contributed by atoms with Crippen molar-refractivity contribution >= 4 is 23.8 Å². The topological polar surface area (TPSA) is 145 Å². The van der Waals surface area contributed by atoms with Gasteiger partial charge in [-0.25, -0.2) is 0 Å². The summed E-state index contributed by atoms with van der Waals surface area (Å²) in [5, 5.41) is 24.3. The Bertz CT molecular complexity index is 384. The standard InChI is InChI=1S/C11H19N3O6/c1-6(3-9(16)17)14-8(15)5-13-11(20)7(12-2)4-10(18)19/h6-7,12H,3-5H2,1-2H3,(H,13,20)(H,14,15)(H,16,17)(H,18,19). The maximum absolute atomic E-state index is 11.6. The van der Waals surface area contributed by atoms with E-state index in [9.17, 15) is 19.2 Å². The number of carboxylic acid groups (broad SMARTS) is 2. The molecule has 0 saturated heterocycles. The molecule has 9 heteroatoms. The Morgan fingerprint density at radius 1 is 1.05 bits per heavy atom. The molecule has 0 aromatic rings. The van der Waals surface area contributed by atoms with E-state index in [4.69, 9.17) is 10.2 Å². The maximum Gasteiger partial charge on any atom is 0.305 e. The number of aliphatic carboxylic acids is 2. The molecular weight excluding hydrogens is 270 g/mol. The van der Waals surface area contributed by atoms with E-state index in [1.54, 1.807) is 0 Å². The molecule has 0 bridgehead atoms. The van der Waals surface area contributed by atoms with E-state index in [1.807, 2.05) is 0 Å². The molecule has 0 aliphatic rings. The second-order valence-corrected chi connectivity index (χ2v) is 4.22. The zero-order valence-corrected chi connectivity index (χ0v) is 11.3. The molecule has 2 atom stereocenters. The molecule has 0 aliphatic carbocycles. The van der Waals surface area contributed by atoms with E-state index in [2.05, 4.69) is 16.0 Å². The van der Waals surface area contributed by atoms with Crippen molar-refractivity contribution in [3.63, 3.8) is 0 Å². The van der Waals surface area contributed by atoms with Gasteiger partial charge in [-0.2, -0.15) is 0 Å². The van der Waals surface area contributed by atoms with Gasteiger partial charge in [-0.1, -0.05) is 0 Å². The average Bonchev–Trinajstić information content (AvgIpc) is 2.31. The number of carbonyl (C=O) groups is 4. The molecule has 5 N–H and O–H groups in total. The van der Waals surface area contributed by atoms with Crippen molar-refractivity contribution in [1.82, 2.24) is 16.0 Å². The summed E-state index contributed by atoms with van der Waals surface area (Å²) >= 11 is 0. The Morgan fingerprint density at radius 2 is 1.60 bits per heavy atom. The van der Waals surface area contributed by atoms with Crippen LogP contribution in [0.3, 0.4) is 0 Å². The molecule has 0 aromatic carbocycles. The summed E-state index contributed by atoms with van der Waals surface area (Å²) in [6, 6.07) is -1.49. The van der Waals surface area contributed by atoms with Crippen LogP contribution in [-0.4, -0.2) is 59.6 Å². The van der Waals surface area contributed by atoms with Crippen LogP contribution in [0.5, 0.6) is 0 Å². The molecule has 9 nitrogen and oxygen atoms in total. The minimum atomic E-state index is -1.14. The fourth-order valence-corrected chi connectivity index (χ4v) is 1.43. The van der Waals surface area contributed by atoms with Crippen LogP contribution >= 0.6 is 0 Å². The average molecular weight is 289 g/mol. The maximum atomic E-state index is 11.6. The molecule has 20 heavy (non-hydrogen) atoms. The Balaban J connectivity index is 4.13. The molecule has 0 rings (SSSR count). The highest BCUT2D eigenvalue weighted by atomic mass is 16.4. The summed E-state index contributed by atoms with van der Waals surface area (Å²) in [6.07, 6.45) is -0.628. The number of carbonyl (C=O) groups excluding carboxylic acids is 2. The number of likely N-dealkylation sites (N-methyl/N-ethyl adjacent to an activating group) is 1. The third-order valence-electron chi connectivity index (χ3n) is 2.36. The zero-order valence-electron chi connectivity index (χ0n) is 11.3. The van der Waals surface area contributed by atoms with E-state index in [0.717, 1.165) is 0 Å². The first kappa shape index (κ1) is 17.8. The molecule has 0 aliphatic heterocycles. The van der Waals surface area contributed by atoms with Crippen LogP contribution in [0.15, 0.2) is 0 Å². The van der Waals surface area contributed by atoms with Crippen LogP contribution < -0.4 is 16.0 Å². The minimum Gasteiger partial charge on any atom is -0.481 e. The van der Waals surface area contributed by atoms with Crippen LogP contribution in [0.1, 0.15) is 19.8 Å². The summed E-state index contributed by atoms with van der Waals surface area (Å²) in [7, 11) is 1.43. The van der Waals surface area contributed by atoms with Gasteiger partial charge < -0.3 is 26.2 Å². The van der Waals surface area contributed by atoms with Crippen LogP contribution in [0.25, 0.3) is 0 Å². The Labute approximate surface area is 115 Å². The monoisotopic (exact) mass is 289 g/mol. The Kier molecular flexibility index (Phi) is 7.90. The van der Waals surface area contributed by atoms with Gasteiger partial charge >= 0.3 is 11.9 Å². The second kappa shape index (κ2) is 8.86. The highest BCUT2D eigenvalue weighted by Crippen LogP contribution is 1.92. The number of hydrogen-bond acceptors (Lipinski definition) is 5. The highest BCUT2D eigenvalue weighted by Gasteiger charge is 2.20. The molecule has 0 radical (unpaired) electrons. The molecule has 2 amide bonds. The molecule has 0 fully saturated rings. The quantitative estimate of drug-likeness (QED) is 0.335. The lowest BCUT2D eigenvalue weighted by Crippen LogP contribution is -2.48. The molecule has 2 unspecified atom stereocenters. The number of amides is 2. The van der Waals surface area contributed by atoms with E-state index in [-0.39, 0.29) is 13.0 Å². The molecule has 0 heterocycles. The molecule has 0 aromatic heterocycles. The smallest absolute Gasteiger partial charge is 0.305 e. The van der Waals surface area contributed by atoms with Crippen LogP contribution in [0.4, 0.5) is 0 Å². The lowest BCUT2D eigenvalue weighted by Gasteiger charge is -2.15. The van der Waals surface area contributed by atoms with Gasteiger partial charge in [0.2, 0.25) is 11.8 Å². The number of rotatable bonds is 9. The van der Waals surface area contributed by atoms with Gasteiger partial charge in [-0.3, -0.25) is 19.2 Å². The first-order chi connectivity index (χ1) is 9.26. The van der Waals surface area contributed by atoms with Gasteiger partial charge in [0.1, 0.15) is 0 Å². The third kappa shape index (κ3) is 8.03. The van der Waals surface area contributed by atoms with Crippen molar-refractivity contribution in [2.45, 2.75) is 31.8 Å². The first-order valence-electron chi connectivity index (χ1n) is 5.94. The first-order valence-corrected chi connectivity index (χ1v) is 5.94. The molecule has 0 saturated carbocycles. The van der Waals surface area contributed by atoms with E-state index < -0.39 is 42.3 Å². The zero-order chi connectivity index (χ0) is 15.7. The lowest BCUT2D eigenvalue weighted by molar-refractivity contribution is -0.140.